The maximum absolute atomic E-state index is 12.4. The Labute approximate surface area is 130 Å². The number of fused-ring (bicyclic) bond motifs is 1. The van der Waals surface area contributed by atoms with Gasteiger partial charge in [0.2, 0.25) is 0 Å². The molecule has 1 amide bonds. The second kappa shape index (κ2) is 6.22. The van der Waals surface area contributed by atoms with Crippen LogP contribution in [-0.2, 0) is 17.9 Å². The van der Waals surface area contributed by atoms with Crippen LogP contribution in [0.3, 0.4) is 0 Å². The number of amides is 1. The molecule has 0 atom stereocenters. The molecular weight excluding hydrogens is 278 g/mol. The molecular formula is C17H21N3O2. The van der Waals surface area contributed by atoms with Crippen LogP contribution in [0.4, 0.5) is 0 Å². The van der Waals surface area contributed by atoms with Gasteiger partial charge in [-0.05, 0) is 43.5 Å². The maximum atomic E-state index is 12.4. The third-order valence-corrected chi connectivity index (χ3v) is 4.17. The molecule has 0 saturated carbocycles. The average molecular weight is 299 g/mol. The van der Waals surface area contributed by atoms with Crippen LogP contribution in [0.2, 0.25) is 0 Å². The van der Waals surface area contributed by atoms with Crippen molar-refractivity contribution in [2.24, 2.45) is 0 Å². The number of imidazole rings is 1. The molecule has 22 heavy (non-hydrogen) atoms. The van der Waals surface area contributed by atoms with Crippen molar-refractivity contribution in [2.75, 3.05) is 13.2 Å². The zero-order valence-electron chi connectivity index (χ0n) is 13.1. The highest BCUT2D eigenvalue weighted by Gasteiger charge is 2.19. The summed E-state index contributed by atoms with van der Waals surface area (Å²) < 4.78 is 7.76. The van der Waals surface area contributed by atoms with E-state index in [2.05, 4.69) is 16.5 Å². The van der Waals surface area contributed by atoms with Crippen LogP contribution >= 0.6 is 0 Å². The smallest absolute Gasteiger partial charge is 0.260 e. The van der Waals surface area contributed by atoms with Crippen LogP contribution in [0.5, 0.6) is 5.75 Å². The van der Waals surface area contributed by atoms with Crippen molar-refractivity contribution in [2.45, 2.75) is 33.4 Å². The molecule has 0 N–H and O–H groups in total. The number of rotatable bonds is 3. The zero-order valence-corrected chi connectivity index (χ0v) is 13.1. The van der Waals surface area contributed by atoms with Crippen LogP contribution in [0.25, 0.3) is 0 Å². The van der Waals surface area contributed by atoms with Crippen molar-refractivity contribution >= 4 is 5.91 Å². The number of hydrogen-bond donors (Lipinski definition) is 0. The number of hydrogen-bond acceptors (Lipinski definition) is 3. The van der Waals surface area contributed by atoms with E-state index in [1.54, 1.807) is 0 Å². The molecule has 3 rings (SSSR count). The number of nitrogens with zero attached hydrogens (tertiary/aromatic N) is 3. The Morgan fingerprint density at radius 3 is 2.95 bits per heavy atom. The normalized spacial score (nSPS) is 14.4. The summed E-state index contributed by atoms with van der Waals surface area (Å²) in [7, 11) is 0. The fourth-order valence-electron chi connectivity index (χ4n) is 2.64. The lowest BCUT2D eigenvalue weighted by molar-refractivity contribution is -0.134. The molecule has 1 aliphatic rings. The van der Waals surface area contributed by atoms with Crippen molar-refractivity contribution in [3.05, 3.63) is 47.5 Å². The van der Waals surface area contributed by atoms with E-state index in [9.17, 15) is 4.79 Å². The van der Waals surface area contributed by atoms with Crippen LogP contribution in [0, 0.1) is 13.8 Å². The molecule has 1 aromatic heterocycles. The van der Waals surface area contributed by atoms with Crippen molar-refractivity contribution < 1.29 is 9.53 Å². The van der Waals surface area contributed by atoms with Gasteiger partial charge in [-0.2, -0.15) is 0 Å². The molecule has 0 saturated heterocycles. The quantitative estimate of drug-likeness (QED) is 0.874. The van der Waals surface area contributed by atoms with Crippen molar-refractivity contribution in [1.82, 2.24) is 14.5 Å². The van der Waals surface area contributed by atoms with E-state index in [1.165, 1.54) is 11.1 Å². The molecule has 0 radical (unpaired) electrons. The summed E-state index contributed by atoms with van der Waals surface area (Å²) >= 11 is 0. The third kappa shape index (κ3) is 3.13. The molecule has 116 valence electrons. The first-order chi connectivity index (χ1) is 10.6. The van der Waals surface area contributed by atoms with Gasteiger partial charge >= 0.3 is 0 Å². The molecule has 0 unspecified atom stereocenters. The van der Waals surface area contributed by atoms with E-state index in [1.807, 2.05) is 42.5 Å². The van der Waals surface area contributed by atoms with Gasteiger partial charge in [-0.25, -0.2) is 4.98 Å². The Morgan fingerprint density at radius 2 is 2.14 bits per heavy atom. The first kappa shape index (κ1) is 14.6. The molecule has 5 heteroatoms. The fourth-order valence-corrected chi connectivity index (χ4v) is 2.64. The topological polar surface area (TPSA) is 47.4 Å². The number of carbonyl (C=O) groups is 1. The highest BCUT2D eigenvalue weighted by molar-refractivity contribution is 5.77. The second-order valence-corrected chi connectivity index (χ2v) is 5.78. The highest BCUT2D eigenvalue weighted by atomic mass is 16.5. The number of aromatic nitrogens is 2. The molecule has 0 spiro atoms. The Balaban J connectivity index is 1.61. The number of ether oxygens (including phenoxy) is 1. The summed E-state index contributed by atoms with van der Waals surface area (Å²) in [6.45, 7) is 6.46. The summed E-state index contributed by atoms with van der Waals surface area (Å²) in [5.41, 5.74) is 3.47. The Hall–Kier alpha value is -2.30. The predicted molar refractivity (Wildman–Crippen MR) is 83.7 cm³/mol. The first-order valence-electron chi connectivity index (χ1n) is 7.60. The van der Waals surface area contributed by atoms with Gasteiger partial charge in [0.1, 0.15) is 5.75 Å². The zero-order chi connectivity index (χ0) is 15.5. The van der Waals surface area contributed by atoms with Gasteiger partial charge in [0.05, 0.1) is 18.6 Å². The van der Waals surface area contributed by atoms with Gasteiger partial charge in [0.15, 0.2) is 6.61 Å². The number of benzene rings is 1. The van der Waals surface area contributed by atoms with Gasteiger partial charge in [-0.15, -0.1) is 0 Å². The molecule has 1 aliphatic heterocycles. The molecule has 0 aliphatic carbocycles. The summed E-state index contributed by atoms with van der Waals surface area (Å²) in [4.78, 5) is 18.4. The van der Waals surface area contributed by atoms with Crippen LogP contribution in [-0.4, -0.2) is 33.5 Å². The van der Waals surface area contributed by atoms with Crippen molar-refractivity contribution in [3.8, 4) is 5.75 Å². The Morgan fingerprint density at radius 1 is 1.27 bits per heavy atom. The van der Waals surface area contributed by atoms with Crippen LogP contribution in [0.1, 0.15) is 23.2 Å². The summed E-state index contributed by atoms with van der Waals surface area (Å²) in [5.74, 6) is 0.768. The number of aryl methyl sites for hydroxylation is 3. The average Bonchev–Trinajstić information content (AvgIpc) is 2.85. The Kier molecular flexibility index (Phi) is 4.13. The van der Waals surface area contributed by atoms with Crippen LogP contribution in [0.15, 0.2) is 30.7 Å². The van der Waals surface area contributed by atoms with E-state index in [0.717, 1.165) is 31.0 Å². The van der Waals surface area contributed by atoms with Gasteiger partial charge in [0, 0.05) is 19.3 Å². The predicted octanol–water partition coefficient (Wildman–Crippen LogP) is 2.31. The Bertz CT molecular complexity index is 678. The standard InChI is InChI=1S/C17H21N3O2/c1-13-4-5-16(8-14(13)2)22-11-17(21)19-6-3-7-20-12-18-9-15(20)10-19/h4-5,8-9,12H,3,6-7,10-11H2,1-2H3. The van der Waals surface area contributed by atoms with E-state index in [0.29, 0.717) is 6.54 Å². The van der Waals surface area contributed by atoms with E-state index in [4.69, 9.17) is 4.74 Å². The summed E-state index contributed by atoms with van der Waals surface area (Å²) in [6.07, 6.45) is 4.60. The lowest BCUT2D eigenvalue weighted by Gasteiger charge is -2.20. The van der Waals surface area contributed by atoms with E-state index >= 15 is 0 Å². The fraction of sp³-hybridized carbons (Fsp3) is 0.412. The van der Waals surface area contributed by atoms with Crippen LogP contribution < -0.4 is 4.74 Å². The summed E-state index contributed by atoms with van der Waals surface area (Å²) in [5, 5.41) is 0. The van der Waals surface area contributed by atoms with Gasteiger partial charge in [-0.1, -0.05) is 6.07 Å². The summed E-state index contributed by atoms with van der Waals surface area (Å²) in [6, 6.07) is 5.90. The molecule has 0 bridgehead atoms. The second-order valence-electron chi connectivity index (χ2n) is 5.78. The molecule has 5 nitrogen and oxygen atoms in total. The minimum absolute atomic E-state index is 0.0212. The first-order valence-corrected chi connectivity index (χ1v) is 7.60. The maximum Gasteiger partial charge on any atom is 0.260 e. The minimum Gasteiger partial charge on any atom is -0.484 e. The van der Waals surface area contributed by atoms with Gasteiger partial charge in [0.25, 0.3) is 5.91 Å². The minimum atomic E-state index is 0.0212. The molecule has 0 fully saturated rings. The van der Waals surface area contributed by atoms with E-state index in [-0.39, 0.29) is 12.5 Å². The van der Waals surface area contributed by atoms with E-state index < -0.39 is 0 Å². The van der Waals surface area contributed by atoms with Gasteiger partial charge in [-0.3, -0.25) is 4.79 Å². The highest BCUT2D eigenvalue weighted by Crippen LogP contribution is 2.17. The lowest BCUT2D eigenvalue weighted by atomic mass is 10.1. The van der Waals surface area contributed by atoms with Gasteiger partial charge < -0.3 is 14.2 Å². The molecule has 2 heterocycles. The largest absolute Gasteiger partial charge is 0.484 e. The third-order valence-electron chi connectivity index (χ3n) is 4.17. The lowest BCUT2D eigenvalue weighted by Crippen LogP contribution is -2.34. The molecule has 2 aromatic rings. The van der Waals surface area contributed by atoms with Crippen molar-refractivity contribution in [3.63, 3.8) is 0 Å². The monoisotopic (exact) mass is 299 g/mol. The SMILES string of the molecule is Cc1ccc(OCC(=O)N2CCCn3cncc3C2)cc1C. The van der Waals surface area contributed by atoms with Crippen molar-refractivity contribution in [1.29, 1.82) is 0 Å². The number of carbonyl (C=O) groups excluding carboxylic acids is 1. The molecule has 1 aromatic carbocycles.